The van der Waals surface area contributed by atoms with Crippen LogP contribution in [0.4, 0.5) is 5.69 Å². The van der Waals surface area contributed by atoms with Crippen LogP contribution in [0.25, 0.3) is 0 Å². The van der Waals surface area contributed by atoms with Gasteiger partial charge in [0.25, 0.3) is 5.91 Å². The third-order valence-corrected chi connectivity index (χ3v) is 3.24. The maximum atomic E-state index is 11.9. The van der Waals surface area contributed by atoms with Crippen LogP contribution in [0.1, 0.15) is 33.6 Å². The van der Waals surface area contributed by atoms with Crippen LogP contribution in [-0.2, 0) is 14.3 Å². The second kappa shape index (κ2) is 8.04. The molecule has 1 amide bonds. The fourth-order valence-corrected chi connectivity index (χ4v) is 1.76. The number of benzene rings is 1. The van der Waals surface area contributed by atoms with Crippen molar-refractivity contribution in [2.75, 3.05) is 5.32 Å². The Morgan fingerprint density at radius 1 is 1.20 bits per heavy atom. The Morgan fingerprint density at radius 2 is 1.80 bits per heavy atom. The highest BCUT2D eigenvalue weighted by atomic mass is 79.9. The zero-order valence-electron chi connectivity index (χ0n) is 12.0. The SMILES string of the molecule is CC(C)CCC(=O)O[C@H](C)C(=O)Nc1ccc(Br)cc1. The van der Waals surface area contributed by atoms with Crippen molar-refractivity contribution in [3.8, 4) is 0 Å². The van der Waals surface area contributed by atoms with Gasteiger partial charge in [-0.2, -0.15) is 0 Å². The molecule has 0 unspecified atom stereocenters. The van der Waals surface area contributed by atoms with Gasteiger partial charge in [-0.3, -0.25) is 9.59 Å². The van der Waals surface area contributed by atoms with E-state index in [0.29, 0.717) is 18.0 Å². The molecule has 0 aliphatic rings. The molecule has 0 spiro atoms. The number of nitrogens with one attached hydrogen (secondary N) is 1. The number of rotatable bonds is 6. The Bertz CT molecular complexity index is 457. The quantitative estimate of drug-likeness (QED) is 0.801. The van der Waals surface area contributed by atoms with Gasteiger partial charge in [0, 0.05) is 16.6 Å². The van der Waals surface area contributed by atoms with Crippen molar-refractivity contribution in [2.24, 2.45) is 5.92 Å². The Hall–Kier alpha value is -1.36. The van der Waals surface area contributed by atoms with E-state index in [9.17, 15) is 9.59 Å². The molecule has 0 radical (unpaired) electrons. The van der Waals surface area contributed by atoms with Crippen LogP contribution in [0.2, 0.25) is 0 Å². The number of carbonyl (C=O) groups excluding carboxylic acids is 2. The van der Waals surface area contributed by atoms with Gasteiger partial charge in [0.1, 0.15) is 0 Å². The summed E-state index contributed by atoms with van der Waals surface area (Å²) in [6.45, 7) is 5.65. The molecule has 5 heteroatoms. The first-order valence-electron chi connectivity index (χ1n) is 6.64. The number of anilines is 1. The van der Waals surface area contributed by atoms with Crippen molar-refractivity contribution >= 4 is 33.5 Å². The van der Waals surface area contributed by atoms with Gasteiger partial charge in [-0.25, -0.2) is 0 Å². The summed E-state index contributed by atoms with van der Waals surface area (Å²) < 4.78 is 6.03. The van der Waals surface area contributed by atoms with Crippen molar-refractivity contribution < 1.29 is 14.3 Å². The fraction of sp³-hybridized carbons (Fsp3) is 0.467. The lowest BCUT2D eigenvalue weighted by Crippen LogP contribution is -2.30. The van der Waals surface area contributed by atoms with Crippen molar-refractivity contribution in [3.63, 3.8) is 0 Å². The van der Waals surface area contributed by atoms with Crippen LogP contribution in [0, 0.1) is 5.92 Å². The standard InChI is InChI=1S/C15H20BrNO3/c1-10(2)4-9-14(18)20-11(3)15(19)17-13-7-5-12(16)6-8-13/h5-8,10-11H,4,9H2,1-3H3,(H,17,19)/t11-/m1/s1. The predicted molar refractivity (Wildman–Crippen MR) is 82.4 cm³/mol. The molecule has 0 aromatic heterocycles. The summed E-state index contributed by atoms with van der Waals surface area (Å²) >= 11 is 3.32. The third-order valence-electron chi connectivity index (χ3n) is 2.72. The molecule has 0 saturated carbocycles. The molecule has 0 fully saturated rings. The minimum Gasteiger partial charge on any atom is -0.453 e. The molecule has 0 bridgehead atoms. The second-order valence-electron chi connectivity index (χ2n) is 5.06. The largest absolute Gasteiger partial charge is 0.453 e. The summed E-state index contributed by atoms with van der Waals surface area (Å²) in [4.78, 5) is 23.4. The molecular weight excluding hydrogens is 322 g/mol. The number of hydrogen-bond acceptors (Lipinski definition) is 3. The van der Waals surface area contributed by atoms with E-state index >= 15 is 0 Å². The predicted octanol–water partition coefficient (Wildman–Crippen LogP) is 3.76. The van der Waals surface area contributed by atoms with Crippen molar-refractivity contribution in [2.45, 2.75) is 39.7 Å². The maximum absolute atomic E-state index is 11.9. The Balaban J connectivity index is 2.42. The Kier molecular flexibility index (Phi) is 6.71. The van der Waals surface area contributed by atoms with Crippen LogP contribution >= 0.6 is 15.9 Å². The molecule has 1 N–H and O–H groups in total. The molecule has 1 rings (SSSR count). The van der Waals surface area contributed by atoms with Gasteiger partial charge >= 0.3 is 5.97 Å². The van der Waals surface area contributed by atoms with Gasteiger partial charge in [0.2, 0.25) is 0 Å². The zero-order valence-corrected chi connectivity index (χ0v) is 13.6. The van der Waals surface area contributed by atoms with E-state index in [2.05, 4.69) is 21.2 Å². The highest BCUT2D eigenvalue weighted by Crippen LogP contribution is 2.14. The minimum atomic E-state index is -0.793. The van der Waals surface area contributed by atoms with E-state index in [1.807, 2.05) is 26.0 Å². The monoisotopic (exact) mass is 341 g/mol. The lowest BCUT2D eigenvalue weighted by Gasteiger charge is -2.14. The number of halogens is 1. The normalized spacial score (nSPS) is 12.1. The highest BCUT2D eigenvalue weighted by molar-refractivity contribution is 9.10. The van der Waals surface area contributed by atoms with Crippen LogP contribution in [0.5, 0.6) is 0 Å². The lowest BCUT2D eigenvalue weighted by atomic mass is 10.1. The lowest BCUT2D eigenvalue weighted by molar-refractivity contribution is -0.153. The van der Waals surface area contributed by atoms with Crippen LogP contribution in [-0.4, -0.2) is 18.0 Å². The van der Waals surface area contributed by atoms with Gasteiger partial charge in [-0.1, -0.05) is 29.8 Å². The topological polar surface area (TPSA) is 55.4 Å². The van der Waals surface area contributed by atoms with E-state index in [1.54, 1.807) is 19.1 Å². The van der Waals surface area contributed by atoms with Crippen LogP contribution in [0.3, 0.4) is 0 Å². The number of ether oxygens (including phenoxy) is 1. The highest BCUT2D eigenvalue weighted by Gasteiger charge is 2.17. The number of esters is 1. The van der Waals surface area contributed by atoms with Crippen LogP contribution < -0.4 is 5.32 Å². The molecule has 0 heterocycles. The number of amides is 1. The number of hydrogen-bond donors (Lipinski definition) is 1. The summed E-state index contributed by atoms with van der Waals surface area (Å²) in [6, 6.07) is 7.20. The molecular formula is C15H20BrNO3. The first-order chi connectivity index (χ1) is 9.38. The summed E-state index contributed by atoms with van der Waals surface area (Å²) in [5.41, 5.74) is 0.670. The molecule has 4 nitrogen and oxygen atoms in total. The molecule has 1 aromatic carbocycles. The minimum absolute atomic E-state index is 0.329. The summed E-state index contributed by atoms with van der Waals surface area (Å²) in [7, 11) is 0. The molecule has 20 heavy (non-hydrogen) atoms. The van der Waals surface area contributed by atoms with E-state index < -0.39 is 6.10 Å². The van der Waals surface area contributed by atoms with E-state index in [0.717, 1.165) is 10.9 Å². The summed E-state index contributed by atoms with van der Waals surface area (Å²) in [6.07, 6.45) is 0.311. The Morgan fingerprint density at radius 3 is 2.35 bits per heavy atom. The molecule has 1 atom stereocenters. The summed E-state index contributed by atoms with van der Waals surface area (Å²) in [5.74, 6) is -0.225. The smallest absolute Gasteiger partial charge is 0.306 e. The molecule has 0 aliphatic carbocycles. The average molecular weight is 342 g/mol. The first-order valence-corrected chi connectivity index (χ1v) is 7.43. The van der Waals surface area contributed by atoms with Crippen LogP contribution in [0.15, 0.2) is 28.7 Å². The molecule has 1 aromatic rings. The van der Waals surface area contributed by atoms with Crippen molar-refractivity contribution in [1.82, 2.24) is 0 Å². The second-order valence-corrected chi connectivity index (χ2v) is 5.98. The Labute approximate surface area is 128 Å². The van der Waals surface area contributed by atoms with Gasteiger partial charge in [-0.05, 0) is 43.5 Å². The van der Waals surface area contributed by atoms with Gasteiger partial charge in [0.05, 0.1) is 0 Å². The van der Waals surface area contributed by atoms with E-state index in [1.165, 1.54) is 0 Å². The average Bonchev–Trinajstić information content (AvgIpc) is 2.39. The third kappa shape index (κ3) is 6.19. The van der Waals surface area contributed by atoms with Crippen molar-refractivity contribution in [3.05, 3.63) is 28.7 Å². The molecule has 0 aliphatic heterocycles. The van der Waals surface area contributed by atoms with Gasteiger partial charge in [-0.15, -0.1) is 0 Å². The van der Waals surface area contributed by atoms with E-state index in [4.69, 9.17) is 4.74 Å². The van der Waals surface area contributed by atoms with Gasteiger partial charge in [0.15, 0.2) is 6.10 Å². The first kappa shape index (κ1) is 16.7. The molecule has 110 valence electrons. The van der Waals surface area contributed by atoms with E-state index in [-0.39, 0.29) is 11.9 Å². The summed E-state index contributed by atoms with van der Waals surface area (Å²) in [5, 5.41) is 2.70. The fourth-order valence-electron chi connectivity index (χ4n) is 1.49. The van der Waals surface area contributed by atoms with Gasteiger partial charge < -0.3 is 10.1 Å². The zero-order chi connectivity index (χ0) is 15.1. The van der Waals surface area contributed by atoms with Crippen molar-refractivity contribution in [1.29, 1.82) is 0 Å². The number of carbonyl (C=O) groups is 2. The maximum Gasteiger partial charge on any atom is 0.306 e. The molecule has 0 saturated heterocycles.